The van der Waals surface area contributed by atoms with Crippen molar-refractivity contribution >= 4 is 5.78 Å². The minimum atomic E-state index is 0.218. The molecule has 0 unspecified atom stereocenters. The van der Waals surface area contributed by atoms with Crippen molar-refractivity contribution in [2.75, 3.05) is 6.79 Å². The zero-order valence-corrected chi connectivity index (χ0v) is 8.36. The largest absolute Gasteiger partial charge is 0.454 e. The number of hydrogen-bond acceptors (Lipinski definition) is 3. The molecule has 3 nitrogen and oxygen atoms in total. The smallest absolute Gasteiger partial charge is 0.231 e. The number of rotatable bonds is 3. The Balaban J connectivity index is 1.82. The van der Waals surface area contributed by atoms with Crippen LogP contribution in [0.25, 0.3) is 0 Å². The minimum absolute atomic E-state index is 0.218. The quantitative estimate of drug-likeness (QED) is 0.709. The highest BCUT2D eigenvalue weighted by Crippen LogP contribution is 2.36. The summed E-state index contributed by atoms with van der Waals surface area (Å²) in [6.45, 7) is 0.260. The number of carbonyl (C=O) groups is 1. The van der Waals surface area contributed by atoms with Crippen molar-refractivity contribution in [3.05, 3.63) is 23.8 Å². The van der Waals surface area contributed by atoms with Crippen LogP contribution in [0.4, 0.5) is 0 Å². The van der Waals surface area contributed by atoms with Crippen LogP contribution in [0.5, 0.6) is 11.5 Å². The fourth-order valence-electron chi connectivity index (χ4n) is 1.77. The van der Waals surface area contributed by atoms with Gasteiger partial charge in [-0.1, -0.05) is 0 Å². The van der Waals surface area contributed by atoms with E-state index in [1.165, 1.54) is 12.8 Å². The monoisotopic (exact) mass is 204 g/mol. The minimum Gasteiger partial charge on any atom is -0.454 e. The first-order valence-corrected chi connectivity index (χ1v) is 5.26. The number of ketones is 1. The Morgan fingerprint density at radius 1 is 1.27 bits per heavy atom. The molecule has 1 heterocycles. The van der Waals surface area contributed by atoms with E-state index < -0.39 is 0 Å². The van der Waals surface area contributed by atoms with E-state index >= 15 is 0 Å². The first-order chi connectivity index (χ1) is 7.33. The maximum Gasteiger partial charge on any atom is 0.231 e. The summed E-state index contributed by atoms with van der Waals surface area (Å²) >= 11 is 0. The summed E-state index contributed by atoms with van der Waals surface area (Å²) in [4.78, 5) is 11.8. The summed E-state index contributed by atoms with van der Waals surface area (Å²) in [6, 6.07) is 5.41. The van der Waals surface area contributed by atoms with Crippen molar-refractivity contribution in [2.24, 2.45) is 5.92 Å². The van der Waals surface area contributed by atoms with Gasteiger partial charge >= 0.3 is 0 Å². The van der Waals surface area contributed by atoms with E-state index in [2.05, 4.69) is 0 Å². The fourth-order valence-corrected chi connectivity index (χ4v) is 1.77. The average Bonchev–Trinajstić information content (AvgIpc) is 2.94. The lowest BCUT2D eigenvalue weighted by Gasteiger charge is -2.01. The van der Waals surface area contributed by atoms with Crippen molar-refractivity contribution in [1.29, 1.82) is 0 Å². The van der Waals surface area contributed by atoms with E-state index in [0.29, 0.717) is 18.1 Å². The van der Waals surface area contributed by atoms with Crippen molar-refractivity contribution in [1.82, 2.24) is 0 Å². The second-order valence-corrected chi connectivity index (χ2v) is 4.14. The third-order valence-corrected chi connectivity index (χ3v) is 2.87. The highest BCUT2D eigenvalue weighted by Gasteiger charge is 2.25. The maximum absolute atomic E-state index is 11.8. The molecule has 1 aliphatic heterocycles. The van der Waals surface area contributed by atoms with E-state index in [-0.39, 0.29) is 12.6 Å². The molecule has 3 heteroatoms. The van der Waals surface area contributed by atoms with Crippen LogP contribution in [0.15, 0.2) is 18.2 Å². The van der Waals surface area contributed by atoms with Gasteiger partial charge in [-0.05, 0) is 37.0 Å². The third-order valence-electron chi connectivity index (χ3n) is 2.87. The summed E-state index contributed by atoms with van der Waals surface area (Å²) in [5, 5.41) is 0. The van der Waals surface area contributed by atoms with Gasteiger partial charge in [0.1, 0.15) is 0 Å². The Morgan fingerprint density at radius 2 is 2.07 bits per heavy atom. The lowest BCUT2D eigenvalue weighted by atomic mass is 10.1. The second kappa shape index (κ2) is 3.26. The summed E-state index contributed by atoms with van der Waals surface area (Å²) in [6.07, 6.45) is 3.09. The van der Waals surface area contributed by atoms with Gasteiger partial charge in [0.2, 0.25) is 6.79 Å². The van der Waals surface area contributed by atoms with Gasteiger partial charge in [0.15, 0.2) is 17.3 Å². The lowest BCUT2D eigenvalue weighted by molar-refractivity contribution is 0.0975. The van der Waals surface area contributed by atoms with Crippen LogP contribution in [-0.2, 0) is 0 Å². The molecule has 1 aliphatic carbocycles. The Kier molecular flexibility index (Phi) is 1.91. The molecule has 2 aliphatic rings. The maximum atomic E-state index is 11.8. The van der Waals surface area contributed by atoms with Crippen molar-refractivity contribution in [2.45, 2.75) is 19.3 Å². The summed E-state index contributed by atoms with van der Waals surface area (Å²) in [5.74, 6) is 2.27. The first-order valence-electron chi connectivity index (χ1n) is 5.26. The van der Waals surface area contributed by atoms with Crippen molar-refractivity contribution in [3.8, 4) is 11.5 Å². The molecule has 0 radical (unpaired) electrons. The van der Waals surface area contributed by atoms with Crippen molar-refractivity contribution in [3.63, 3.8) is 0 Å². The van der Waals surface area contributed by atoms with Crippen LogP contribution < -0.4 is 9.47 Å². The molecule has 0 aromatic heterocycles. The Bertz CT molecular complexity index is 407. The third kappa shape index (κ3) is 1.69. The van der Waals surface area contributed by atoms with E-state index in [9.17, 15) is 4.79 Å². The molecule has 0 N–H and O–H groups in total. The molecule has 0 atom stereocenters. The normalized spacial score (nSPS) is 17.9. The predicted octanol–water partition coefficient (Wildman–Crippen LogP) is 2.40. The van der Waals surface area contributed by atoms with Crippen LogP contribution in [0.1, 0.15) is 29.6 Å². The lowest BCUT2D eigenvalue weighted by Crippen LogP contribution is -1.99. The Hall–Kier alpha value is -1.51. The number of hydrogen-bond donors (Lipinski definition) is 0. The molecule has 1 aromatic rings. The van der Waals surface area contributed by atoms with Crippen LogP contribution in [0, 0.1) is 5.92 Å². The van der Waals surface area contributed by atoms with Gasteiger partial charge in [-0.2, -0.15) is 0 Å². The SMILES string of the molecule is O=C(CC1CC1)c1ccc2c(c1)OCO2. The molecule has 1 saturated carbocycles. The van der Waals surface area contributed by atoms with Gasteiger partial charge in [0.25, 0.3) is 0 Å². The standard InChI is InChI=1S/C12H12O3/c13-10(5-8-1-2-8)9-3-4-11-12(6-9)15-7-14-11/h3-4,6,8H,1-2,5,7H2. The van der Waals surface area contributed by atoms with Gasteiger partial charge in [0, 0.05) is 12.0 Å². The van der Waals surface area contributed by atoms with Gasteiger partial charge in [-0.25, -0.2) is 0 Å². The highest BCUT2D eigenvalue weighted by atomic mass is 16.7. The van der Waals surface area contributed by atoms with E-state index in [1.54, 1.807) is 6.07 Å². The summed E-state index contributed by atoms with van der Waals surface area (Å²) in [7, 11) is 0. The molecule has 0 amide bonds. The predicted molar refractivity (Wildman–Crippen MR) is 54.2 cm³/mol. The zero-order valence-electron chi connectivity index (χ0n) is 8.36. The van der Waals surface area contributed by atoms with Crippen LogP contribution in [0.3, 0.4) is 0 Å². The highest BCUT2D eigenvalue weighted by molar-refractivity contribution is 5.97. The fraction of sp³-hybridized carbons (Fsp3) is 0.417. The van der Waals surface area contributed by atoms with Crippen LogP contribution in [0.2, 0.25) is 0 Å². The molecule has 1 aromatic carbocycles. The first kappa shape index (κ1) is 8.77. The Morgan fingerprint density at radius 3 is 2.87 bits per heavy atom. The van der Waals surface area contributed by atoms with Crippen molar-refractivity contribution < 1.29 is 14.3 Å². The zero-order chi connectivity index (χ0) is 10.3. The number of fused-ring (bicyclic) bond motifs is 1. The van der Waals surface area contributed by atoms with Gasteiger partial charge in [-0.15, -0.1) is 0 Å². The number of Topliss-reactive ketones (excluding diaryl/α,β-unsaturated/α-hetero) is 1. The molecule has 0 bridgehead atoms. The molecule has 0 spiro atoms. The molecule has 15 heavy (non-hydrogen) atoms. The molecular weight excluding hydrogens is 192 g/mol. The molecule has 1 fully saturated rings. The van der Waals surface area contributed by atoms with E-state index in [4.69, 9.17) is 9.47 Å². The van der Waals surface area contributed by atoms with Gasteiger partial charge in [0.05, 0.1) is 0 Å². The number of carbonyl (C=O) groups excluding carboxylic acids is 1. The molecule has 78 valence electrons. The van der Waals surface area contributed by atoms with Crippen LogP contribution >= 0.6 is 0 Å². The topological polar surface area (TPSA) is 35.5 Å². The second-order valence-electron chi connectivity index (χ2n) is 4.14. The number of benzene rings is 1. The molecule has 0 saturated heterocycles. The molecular formula is C12H12O3. The van der Waals surface area contributed by atoms with E-state index in [1.807, 2.05) is 12.1 Å². The summed E-state index contributed by atoms with van der Waals surface area (Å²) < 4.78 is 10.4. The summed E-state index contributed by atoms with van der Waals surface area (Å²) in [5.41, 5.74) is 0.742. The average molecular weight is 204 g/mol. The number of ether oxygens (including phenoxy) is 2. The molecule has 3 rings (SSSR count). The van der Waals surface area contributed by atoms with Gasteiger partial charge in [-0.3, -0.25) is 4.79 Å². The van der Waals surface area contributed by atoms with E-state index in [0.717, 1.165) is 11.3 Å². The Labute approximate surface area is 88.0 Å². The van der Waals surface area contributed by atoms with Crippen LogP contribution in [-0.4, -0.2) is 12.6 Å². The van der Waals surface area contributed by atoms with Gasteiger partial charge < -0.3 is 9.47 Å².